The Balaban J connectivity index is 1.30. The Bertz CT molecular complexity index is 918. The van der Waals surface area contributed by atoms with Gasteiger partial charge in [0.25, 0.3) is 5.78 Å². The van der Waals surface area contributed by atoms with Crippen molar-refractivity contribution in [3.05, 3.63) is 42.6 Å². The predicted molar refractivity (Wildman–Crippen MR) is 102 cm³/mol. The molecular weight excluding hydrogens is 344 g/mol. The van der Waals surface area contributed by atoms with Gasteiger partial charge >= 0.3 is 0 Å². The Morgan fingerprint density at radius 2 is 2.11 bits per heavy atom. The quantitative estimate of drug-likeness (QED) is 0.720. The molecule has 4 heterocycles. The first-order chi connectivity index (χ1) is 13.2. The van der Waals surface area contributed by atoms with E-state index in [-0.39, 0.29) is 5.91 Å². The first-order valence-corrected chi connectivity index (χ1v) is 9.03. The van der Waals surface area contributed by atoms with Crippen LogP contribution in [0.1, 0.15) is 12.1 Å². The summed E-state index contributed by atoms with van der Waals surface area (Å²) >= 11 is 0. The van der Waals surface area contributed by atoms with Crippen LogP contribution in [0.25, 0.3) is 5.78 Å². The topological polar surface area (TPSA) is 91.5 Å². The summed E-state index contributed by atoms with van der Waals surface area (Å²) < 4.78 is 1.78. The van der Waals surface area contributed by atoms with Crippen molar-refractivity contribution in [3.63, 3.8) is 0 Å². The van der Waals surface area contributed by atoms with Crippen LogP contribution in [0.3, 0.4) is 0 Å². The van der Waals surface area contributed by atoms with Gasteiger partial charge in [-0.25, -0.2) is 4.98 Å². The molecule has 3 aromatic heterocycles. The molecule has 9 heteroatoms. The van der Waals surface area contributed by atoms with Gasteiger partial charge in [-0.1, -0.05) is 0 Å². The number of hydrogen-bond acceptors (Lipinski definition) is 7. The Morgan fingerprint density at radius 1 is 1.26 bits per heavy atom. The summed E-state index contributed by atoms with van der Waals surface area (Å²) in [7, 11) is 0. The number of aryl methyl sites for hydroxylation is 1. The molecule has 3 aromatic rings. The molecule has 9 nitrogen and oxygen atoms in total. The molecule has 1 aliphatic heterocycles. The van der Waals surface area contributed by atoms with Gasteiger partial charge in [0.05, 0.1) is 11.9 Å². The molecule has 0 bridgehead atoms. The normalized spacial score (nSPS) is 15.2. The molecule has 1 aliphatic rings. The maximum atomic E-state index is 12.1. The molecular formula is C18H22N8O. The van der Waals surface area contributed by atoms with Gasteiger partial charge in [-0.3, -0.25) is 14.7 Å². The van der Waals surface area contributed by atoms with Crippen molar-refractivity contribution in [1.29, 1.82) is 0 Å². The molecule has 27 heavy (non-hydrogen) atoms. The van der Waals surface area contributed by atoms with E-state index in [0.717, 1.165) is 49.9 Å². The molecule has 0 spiro atoms. The summed E-state index contributed by atoms with van der Waals surface area (Å²) in [6.45, 7) is 6.27. The average Bonchev–Trinajstić information content (AvgIpc) is 3.15. The zero-order valence-electron chi connectivity index (χ0n) is 15.2. The molecule has 140 valence electrons. The third-order valence-electron chi connectivity index (χ3n) is 4.66. The minimum atomic E-state index is 0.0134. The van der Waals surface area contributed by atoms with Crippen molar-refractivity contribution in [2.75, 3.05) is 42.9 Å². The van der Waals surface area contributed by atoms with Crippen LogP contribution in [-0.4, -0.2) is 68.1 Å². The fourth-order valence-corrected chi connectivity index (χ4v) is 3.26. The highest BCUT2D eigenvalue weighted by Gasteiger charge is 2.20. The number of rotatable bonds is 5. The largest absolute Gasteiger partial charge is 0.354 e. The highest BCUT2D eigenvalue weighted by Crippen LogP contribution is 2.18. The van der Waals surface area contributed by atoms with Gasteiger partial charge in [0.15, 0.2) is 0 Å². The number of hydrogen-bond donors (Lipinski definition) is 1. The monoisotopic (exact) mass is 366 g/mol. The van der Waals surface area contributed by atoms with Crippen LogP contribution in [0.4, 0.5) is 11.5 Å². The van der Waals surface area contributed by atoms with Gasteiger partial charge in [0, 0.05) is 57.1 Å². The van der Waals surface area contributed by atoms with Crippen LogP contribution in [0.2, 0.25) is 0 Å². The van der Waals surface area contributed by atoms with Crippen LogP contribution in [-0.2, 0) is 4.79 Å². The van der Waals surface area contributed by atoms with Crippen molar-refractivity contribution >= 4 is 23.2 Å². The first kappa shape index (κ1) is 17.3. The van der Waals surface area contributed by atoms with E-state index in [1.807, 2.05) is 25.1 Å². The summed E-state index contributed by atoms with van der Waals surface area (Å²) in [6.07, 6.45) is 5.34. The number of piperazine rings is 1. The third kappa shape index (κ3) is 4.03. The molecule has 0 aromatic carbocycles. The van der Waals surface area contributed by atoms with Crippen LogP contribution in [0.15, 0.2) is 36.9 Å². The Labute approximate surface area is 157 Å². The highest BCUT2D eigenvalue weighted by molar-refractivity contribution is 5.90. The predicted octanol–water partition coefficient (Wildman–Crippen LogP) is 0.979. The number of nitrogens with zero attached hydrogens (tertiary/aromatic N) is 7. The molecule has 0 atom stereocenters. The number of carbonyl (C=O) groups excluding carboxylic acids is 1. The van der Waals surface area contributed by atoms with Crippen LogP contribution in [0.5, 0.6) is 0 Å². The van der Waals surface area contributed by atoms with Crippen molar-refractivity contribution < 1.29 is 4.79 Å². The SMILES string of the molecule is Cc1cc(N2CCN(CCC(=O)Nc3cccnc3)CC2)n2ncnc2n1. The van der Waals surface area contributed by atoms with E-state index in [1.165, 1.54) is 6.33 Å². The zero-order valence-corrected chi connectivity index (χ0v) is 15.2. The second-order valence-corrected chi connectivity index (χ2v) is 6.60. The van der Waals surface area contributed by atoms with E-state index in [1.54, 1.807) is 16.9 Å². The Hall–Kier alpha value is -3.07. The van der Waals surface area contributed by atoms with Crippen molar-refractivity contribution in [1.82, 2.24) is 29.5 Å². The van der Waals surface area contributed by atoms with Gasteiger partial charge in [0.1, 0.15) is 12.1 Å². The molecule has 0 saturated carbocycles. The van der Waals surface area contributed by atoms with Crippen molar-refractivity contribution in [2.24, 2.45) is 0 Å². The fourth-order valence-electron chi connectivity index (χ4n) is 3.26. The minimum absolute atomic E-state index is 0.0134. The molecule has 0 unspecified atom stereocenters. The maximum Gasteiger partial charge on any atom is 0.254 e. The van der Waals surface area contributed by atoms with Gasteiger partial charge in [-0.2, -0.15) is 14.6 Å². The zero-order chi connectivity index (χ0) is 18.6. The third-order valence-corrected chi connectivity index (χ3v) is 4.66. The standard InChI is InChI=1S/C18H22N8O/c1-14-11-17(26-18(22-14)20-13-21-26)25-9-7-24(8-10-25)6-4-16(27)23-15-3-2-5-19-12-15/h2-3,5,11-13H,4,6-10H2,1H3,(H,23,27). The Kier molecular flexibility index (Phi) is 4.93. The summed E-state index contributed by atoms with van der Waals surface area (Å²) in [5.41, 5.74) is 1.66. The first-order valence-electron chi connectivity index (χ1n) is 9.03. The summed E-state index contributed by atoms with van der Waals surface area (Å²) in [5.74, 6) is 1.66. The van der Waals surface area contributed by atoms with E-state index < -0.39 is 0 Å². The number of nitrogens with one attached hydrogen (secondary N) is 1. The molecule has 1 saturated heterocycles. The van der Waals surface area contributed by atoms with E-state index in [0.29, 0.717) is 12.2 Å². The number of fused-ring (bicyclic) bond motifs is 1. The van der Waals surface area contributed by atoms with Gasteiger partial charge in [-0.15, -0.1) is 0 Å². The van der Waals surface area contributed by atoms with E-state index >= 15 is 0 Å². The van der Waals surface area contributed by atoms with Crippen LogP contribution in [0, 0.1) is 6.92 Å². The second kappa shape index (κ2) is 7.67. The minimum Gasteiger partial charge on any atom is -0.354 e. The maximum absolute atomic E-state index is 12.1. The van der Waals surface area contributed by atoms with Crippen molar-refractivity contribution in [3.8, 4) is 0 Å². The van der Waals surface area contributed by atoms with Crippen LogP contribution < -0.4 is 10.2 Å². The molecule has 1 N–H and O–H groups in total. The molecule has 1 amide bonds. The lowest BCUT2D eigenvalue weighted by atomic mass is 10.2. The van der Waals surface area contributed by atoms with E-state index in [4.69, 9.17) is 0 Å². The molecule has 0 radical (unpaired) electrons. The van der Waals surface area contributed by atoms with Crippen molar-refractivity contribution in [2.45, 2.75) is 13.3 Å². The lowest BCUT2D eigenvalue weighted by Gasteiger charge is -2.35. The van der Waals surface area contributed by atoms with Gasteiger partial charge in [-0.05, 0) is 19.1 Å². The number of aromatic nitrogens is 5. The Morgan fingerprint density at radius 3 is 2.89 bits per heavy atom. The van der Waals surface area contributed by atoms with Gasteiger partial charge < -0.3 is 10.2 Å². The molecule has 4 rings (SSSR count). The fraction of sp³-hybridized carbons (Fsp3) is 0.389. The van der Waals surface area contributed by atoms with E-state index in [9.17, 15) is 4.79 Å². The number of anilines is 2. The summed E-state index contributed by atoms with van der Waals surface area (Å²) in [5, 5.41) is 7.16. The highest BCUT2D eigenvalue weighted by atomic mass is 16.1. The number of pyridine rings is 1. The average molecular weight is 366 g/mol. The lowest BCUT2D eigenvalue weighted by Crippen LogP contribution is -2.47. The van der Waals surface area contributed by atoms with E-state index in [2.05, 4.69) is 35.2 Å². The number of amides is 1. The second-order valence-electron chi connectivity index (χ2n) is 6.60. The molecule has 0 aliphatic carbocycles. The summed E-state index contributed by atoms with van der Waals surface area (Å²) in [6, 6.07) is 5.69. The molecule has 1 fully saturated rings. The lowest BCUT2D eigenvalue weighted by molar-refractivity contribution is -0.116. The number of carbonyl (C=O) groups is 1. The smallest absolute Gasteiger partial charge is 0.254 e. The van der Waals surface area contributed by atoms with Gasteiger partial charge in [0.2, 0.25) is 5.91 Å². The summed E-state index contributed by atoms with van der Waals surface area (Å²) in [4.78, 5) is 29.3. The van der Waals surface area contributed by atoms with Crippen LogP contribution >= 0.6 is 0 Å².